The summed E-state index contributed by atoms with van der Waals surface area (Å²) in [5.74, 6) is -0.931. The summed E-state index contributed by atoms with van der Waals surface area (Å²) >= 11 is 0. The van der Waals surface area contributed by atoms with Crippen molar-refractivity contribution in [3.8, 4) is 0 Å². The first-order valence-electron chi connectivity index (χ1n) is 20.1. The molecule has 50 heavy (non-hydrogen) atoms. The number of phosphoric ester groups is 1. The van der Waals surface area contributed by atoms with E-state index in [4.69, 9.17) is 19.1 Å². The third-order valence-electron chi connectivity index (χ3n) is 8.67. The summed E-state index contributed by atoms with van der Waals surface area (Å²) in [7, 11) is -4.60. The summed E-state index contributed by atoms with van der Waals surface area (Å²) in [6, 6.07) is 0. The number of ether oxygens (including phenoxy) is 2. The smallest absolute Gasteiger partial charge is 0.462 e. The van der Waals surface area contributed by atoms with Crippen LogP contribution in [0.25, 0.3) is 0 Å². The van der Waals surface area contributed by atoms with E-state index >= 15 is 0 Å². The van der Waals surface area contributed by atoms with E-state index in [0.717, 1.165) is 44.9 Å². The molecule has 3 atom stereocenters. The average Bonchev–Trinajstić information content (AvgIpc) is 3.10. The second-order valence-corrected chi connectivity index (χ2v) is 15.1. The second kappa shape index (κ2) is 36.1. The zero-order valence-electron chi connectivity index (χ0n) is 31.9. The largest absolute Gasteiger partial charge is 0.472 e. The van der Waals surface area contributed by atoms with Crippen molar-refractivity contribution in [2.24, 2.45) is 0 Å². The fourth-order valence-corrected chi connectivity index (χ4v) is 6.31. The zero-order valence-corrected chi connectivity index (χ0v) is 32.8. The maximum atomic E-state index is 12.5. The highest BCUT2D eigenvalue weighted by Gasteiger charge is 2.27. The molecule has 0 bridgehead atoms. The van der Waals surface area contributed by atoms with Crippen molar-refractivity contribution in [3.63, 3.8) is 0 Å². The van der Waals surface area contributed by atoms with Gasteiger partial charge in [0.05, 0.1) is 19.8 Å². The topological polar surface area (TPSA) is 149 Å². The average molecular weight is 735 g/mol. The molecule has 296 valence electrons. The van der Waals surface area contributed by atoms with Crippen molar-refractivity contribution in [2.45, 2.75) is 199 Å². The van der Waals surface area contributed by atoms with Gasteiger partial charge in [0.1, 0.15) is 12.7 Å². The number of carbonyl (C=O) groups excluding carboxylic acids is 2. The molecule has 0 heterocycles. The minimum Gasteiger partial charge on any atom is -0.462 e. The quantitative estimate of drug-likeness (QED) is 0.0242. The van der Waals surface area contributed by atoms with Crippen LogP contribution in [-0.4, -0.2) is 65.7 Å². The van der Waals surface area contributed by atoms with Gasteiger partial charge < -0.3 is 24.6 Å². The van der Waals surface area contributed by atoms with Gasteiger partial charge in [0.15, 0.2) is 6.10 Å². The Morgan fingerprint density at radius 1 is 0.580 bits per heavy atom. The maximum Gasteiger partial charge on any atom is 0.472 e. The number of allylic oxidation sites excluding steroid dienone is 2. The minimum absolute atomic E-state index is 0.185. The molecule has 0 radical (unpaired) electrons. The predicted molar refractivity (Wildman–Crippen MR) is 201 cm³/mol. The second-order valence-electron chi connectivity index (χ2n) is 13.7. The SMILES string of the molecule is CCCCCCCCCC/C=C\CCCCCCCCCCCC(=O)OC(COC(=O)CCCCCCCC)COP(=O)(O)OCC(O)CO. The van der Waals surface area contributed by atoms with Gasteiger partial charge in [-0.05, 0) is 38.5 Å². The van der Waals surface area contributed by atoms with Crippen molar-refractivity contribution in [2.75, 3.05) is 26.4 Å². The monoisotopic (exact) mass is 735 g/mol. The molecular formula is C39H75O10P. The third kappa shape index (κ3) is 35.1. The molecular weight excluding hydrogens is 659 g/mol. The van der Waals surface area contributed by atoms with E-state index in [1.54, 1.807) is 0 Å². The number of carbonyl (C=O) groups is 2. The summed E-state index contributed by atoms with van der Waals surface area (Å²) in [5.41, 5.74) is 0. The number of phosphoric acid groups is 1. The lowest BCUT2D eigenvalue weighted by atomic mass is 10.1. The number of esters is 2. The van der Waals surface area contributed by atoms with E-state index in [1.807, 2.05) is 0 Å². The van der Waals surface area contributed by atoms with Crippen LogP contribution in [0.15, 0.2) is 12.2 Å². The molecule has 0 aliphatic carbocycles. The molecule has 11 heteroatoms. The van der Waals surface area contributed by atoms with Crippen LogP contribution < -0.4 is 0 Å². The Bertz CT molecular complexity index is 853. The molecule has 0 aliphatic heterocycles. The molecule has 0 aromatic rings. The minimum atomic E-state index is -4.60. The van der Waals surface area contributed by atoms with E-state index < -0.39 is 51.8 Å². The summed E-state index contributed by atoms with van der Waals surface area (Å²) in [5, 5.41) is 18.2. The molecule has 0 rings (SSSR count). The fraction of sp³-hybridized carbons (Fsp3) is 0.897. The lowest BCUT2D eigenvalue weighted by molar-refractivity contribution is -0.161. The van der Waals surface area contributed by atoms with Gasteiger partial charge in [0, 0.05) is 12.8 Å². The zero-order chi connectivity index (χ0) is 37.0. The van der Waals surface area contributed by atoms with Gasteiger partial charge in [-0.25, -0.2) is 4.57 Å². The molecule has 0 aliphatic rings. The number of aliphatic hydroxyl groups is 2. The molecule has 0 saturated carbocycles. The molecule has 3 unspecified atom stereocenters. The number of rotatable bonds is 38. The van der Waals surface area contributed by atoms with Crippen LogP contribution in [-0.2, 0) is 32.7 Å². The van der Waals surface area contributed by atoms with Gasteiger partial charge in [0.25, 0.3) is 0 Å². The number of unbranched alkanes of at least 4 members (excludes halogenated alkanes) is 22. The van der Waals surface area contributed by atoms with Crippen molar-refractivity contribution in [1.82, 2.24) is 0 Å². The highest BCUT2D eigenvalue weighted by Crippen LogP contribution is 2.43. The van der Waals surface area contributed by atoms with E-state index in [2.05, 4.69) is 30.5 Å². The van der Waals surface area contributed by atoms with E-state index in [-0.39, 0.29) is 19.4 Å². The van der Waals surface area contributed by atoms with Gasteiger partial charge in [-0.15, -0.1) is 0 Å². The standard InChI is InChI=1S/C39H75O10P/c1-3-5-7-9-11-12-13-14-15-16-17-18-19-20-21-22-23-24-25-27-29-31-39(43)49-37(35-48-50(44,45)47-33-36(41)32-40)34-46-38(42)30-28-26-10-8-6-4-2/h16-17,36-37,40-41H,3-15,18-35H2,1-2H3,(H,44,45)/b17-16-. The molecule has 0 amide bonds. The van der Waals surface area contributed by atoms with Crippen LogP contribution >= 0.6 is 7.82 Å². The van der Waals surface area contributed by atoms with Crippen LogP contribution in [0.4, 0.5) is 0 Å². The third-order valence-corrected chi connectivity index (χ3v) is 9.62. The Hall–Kier alpha value is -1.29. The summed E-state index contributed by atoms with van der Waals surface area (Å²) in [6.45, 7) is 2.31. The first-order chi connectivity index (χ1) is 24.2. The lowest BCUT2D eigenvalue weighted by Gasteiger charge is -2.20. The fourth-order valence-electron chi connectivity index (χ4n) is 5.52. The van der Waals surface area contributed by atoms with Crippen LogP contribution in [0.3, 0.4) is 0 Å². The maximum absolute atomic E-state index is 12.5. The molecule has 3 N–H and O–H groups in total. The Morgan fingerprint density at radius 3 is 1.44 bits per heavy atom. The molecule has 0 aromatic heterocycles. The summed E-state index contributed by atoms with van der Waals surface area (Å²) < 4.78 is 32.5. The van der Waals surface area contributed by atoms with Gasteiger partial charge in [-0.3, -0.25) is 18.6 Å². The molecule has 10 nitrogen and oxygen atoms in total. The van der Waals surface area contributed by atoms with Gasteiger partial charge in [-0.1, -0.05) is 148 Å². The van der Waals surface area contributed by atoms with Crippen molar-refractivity contribution >= 4 is 19.8 Å². The van der Waals surface area contributed by atoms with Crippen molar-refractivity contribution in [3.05, 3.63) is 12.2 Å². The van der Waals surface area contributed by atoms with Crippen molar-refractivity contribution in [1.29, 1.82) is 0 Å². The number of hydrogen-bond acceptors (Lipinski definition) is 9. The number of aliphatic hydroxyl groups excluding tert-OH is 2. The Morgan fingerprint density at radius 2 is 0.980 bits per heavy atom. The normalized spacial score (nSPS) is 14.1. The van der Waals surface area contributed by atoms with Crippen LogP contribution in [0.5, 0.6) is 0 Å². The highest BCUT2D eigenvalue weighted by atomic mass is 31.2. The van der Waals surface area contributed by atoms with Gasteiger partial charge >= 0.3 is 19.8 Å². The van der Waals surface area contributed by atoms with E-state index in [1.165, 1.54) is 103 Å². The van der Waals surface area contributed by atoms with Gasteiger partial charge in [0.2, 0.25) is 0 Å². The first-order valence-corrected chi connectivity index (χ1v) is 21.6. The van der Waals surface area contributed by atoms with Crippen molar-refractivity contribution < 1.29 is 47.8 Å². The number of hydrogen-bond donors (Lipinski definition) is 3. The molecule has 0 aromatic carbocycles. The summed E-state index contributed by atoms with van der Waals surface area (Å²) in [4.78, 5) is 34.6. The van der Waals surface area contributed by atoms with Gasteiger partial charge in [-0.2, -0.15) is 0 Å². The van der Waals surface area contributed by atoms with Crippen LogP contribution in [0.2, 0.25) is 0 Å². The summed E-state index contributed by atoms with van der Waals surface area (Å²) in [6.07, 6.45) is 32.2. The Balaban J connectivity index is 4.13. The predicted octanol–water partition coefficient (Wildman–Crippen LogP) is 10.1. The Labute approximate surface area is 305 Å². The lowest BCUT2D eigenvalue weighted by Crippen LogP contribution is -2.29. The van der Waals surface area contributed by atoms with Crippen LogP contribution in [0, 0.1) is 0 Å². The Kier molecular flexibility index (Phi) is 35.2. The molecule has 0 fully saturated rings. The van der Waals surface area contributed by atoms with E-state index in [9.17, 15) is 24.2 Å². The van der Waals surface area contributed by atoms with E-state index in [0.29, 0.717) is 12.8 Å². The molecule has 0 spiro atoms. The first kappa shape index (κ1) is 48.7. The van der Waals surface area contributed by atoms with Crippen LogP contribution in [0.1, 0.15) is 187 Å². The highest BCUT2D eigenvalue weighted by molar-refractivity contribution is 7.47. The molecule has 0 saturated heterocycles.